The van der Waals surface area contributed by atoms with Gasteiger partial charge < -0.3 is 15.5 Å². The highest BCUT2D eigenvalue weighted by Gasteiger charge is 2.21. The largest absolute Gasteiger partial charge is 0.361 e. The molecule has 1 amide bonds. The molecule has 0 radical (unpaired) electrons. The van der Waals surface area contributed by atoms with Crippen molar-refractivity contribution in [2.75, 3.05) is 42.4 Å². The third kappa shape index (κ3) is 3.14. The number of carbonyl (C=O) groups is 1. The zero-order valence-electron chi connectivity index (χ0n) is 10.6. The smallest absolute Gasteiger partial charge is 0.242 e. The van der Waals surface area contributed by atoms with Crippen LogP contribution in [0.2, 0.25) is 0 Å². The van der Waals surface area contributed by atoms with Crippen LogP contribution in [0.1, 0.15) is 0 Å². The summed E-state index contributed by atoms with van der Waals surface area (Å²) >= 11 is 1.80. The Balaban J connectivity index is 2.06. The molecule has 1 aromatic rings. The third-order valence-electron chi connectivity index (χ3n) is 2.71. The van der Waals surface area contributed by atoms with Crippen LogP contribution in [-0.4, -0.2) is 49.1 Å². The van der Waals surface area contributed by atoms with Gasteiger partial charge in [-0.3, -0.25) is 4.79 Å². The van der Waals surface area contributed by atoms with Crippen molar-refractivity contribution in [1.82, 2.24) is 10.3 Å². The summed E-state index contributed by atoms with van der Waals surface area (Å²) in [6, 6.07) is 3.58. The quantitative estimate of drug-likeness (QED) is 0.847. The van der Waals surface area contributed by atoms with Crippen LogP contribution < -0.4 is 15.5 Å². The minimum Gasteiger partial charge on any atom is -0.361 e. The summed E-state index contributed by atoms with van der Waals surface area (Å²) in [4.78, 5) is 18.3. The molecule has 0 aromatic carbocycles. The first-order valence-corrected chi connectivity index (χ1v) is 7.08. The first kappa shape index (κ1) is 13.2. The SMILES string of the molecule is CN(C)c1ncccc1NC(=O)C1CSCCN1. The second-order valence-corrected chi connectivity index (χ2v) is 5.49. The summed E-state index contributed by atoms with van der Waals surface area (Å²) in [5, 5.41) is 6.16. The van der Waals surface area contributed by atoms with E-state index in [4.69, 9.17) is 0 Å². The summed E-state index contributed by atoms with van der Waals surface area (Å²) < 4.78 is 0. The van der Waals surface area contributed by atoms with E-state index in [2.05, 4.69) is 15.6 Å². The standard InChI is InChI=1S/C12H18N4OS/c1-16(2)11-9(4-3-5-14-11)15-12(17)10-8-18-7-6-13-10/h3-5,10,13H,6-8H2,1-2H3,(H,15,17). The lowest BCUT2D eigenvalue weighted by atomic mass is 10.2. The van der Waals surface area contributed by atoms with Crippen molar-refractivity contribution in [2.45, 2.75) is 6.04 Å². The number of nitrogens with zero attached hydrogens (tertiary/aromatic N) is 2. The second-order valence-electron chi connectivity index (χ2n) is 4.34. The van der Waals surface area contributed by atoms with Gasteiger partial charge in [-0.2, -0.15) is 11.8 Å². The number of thioether (sulfide) groups is 1. The molecule has 1 atom stereocenters. The fourth-order valence-electron chi connectivity index (χ4n) is 1.80. The molecule has 2 heterocycles. The Bertz CT molecular complexity index is 418. The molecule has 1 aliphatic heterocycles. The van der Waals surface area contributed by atoms with Crippen LogP contribution in [0.3, 0.4) is 0 Å². The first-order valence-electron chi connectivity index (χ1n) is 5.93. The van der Waals surface area contributed by atoms with E-state index in [1.807, 2.05) is 31.1 Å². The number of hydrogen-bond acceptors (Lipinski definition) is 5. The molecule has 5 nitrogen and oxygen atoms in total. The average molecular weight is 266 g/mol. The van der Waals surface area contributed by atoms with E-state index >= 15 is 0 Å². The summed E-state index contributed by atoms with van der Waals surface area (Å²) in [7, 11) is 3.82. The number of aromatic nitrogens is 1. The molecular weight excluding hydrogens is 248 g/mol. The normalized spacial score (nSPS) is 19.3. The van der Waals surface area contributed by atoms with Crippen molar-refractivity contribution in [2.24, 2.45) is 0 Å². The van der Waals surface area contributed by atoms with Gasteiger partial charge in [0.1, 0.15) is 0 Å². The number of rotatable bonds is 3. The Morgan fingerprint density at radius 1 is 1.61 bits per heavy atom. The van der Waals surface area contributed by atoms with Gasteiger partial charge in [0.2, 0.25) is 5.91 Å². The van der Waals surface area contributed by atoms with Crippen molar-refractivity contribution >= 4 is 29.2 Å². The van der Waals surface area contributed by atoms with Gasteiger partial charge in [0.05, 0.1) is 11.7 Å². The summed E-state index contributed by atoms with van der Waals surface area (Å²) in [6.45, 7) is 0.885. The van der Waals surface area contributed by atoms with Gasteiger partial charge in [-0.15, -0.1) is 0 Å². The van der Waals surface area contributed by atoms with Gasteiger partial charge in [-0.1, -0.05) is 0 Å². The van der Waals surface area contributed by atoms with Gasteiger partial charge >= 0.3 is 0 Å². The Hall–Kier alpha value is -1.27. The Kier molecular flexibility index (Phi) is 4.43. The highest BCUT2D eigenvalue weighted by atomic mass is 32.2. The Morgan fingerprint density at radius 2 is 2.44 bits per heavy atom. The van der Waals surface area contributed by atoms with E-state index in [9.17, 15) is 4.79 Å². The van der Waals surface area contributed by atoms with Crippen LogP contribution in [0.25, 0.3) is 0 Å². The topological polar surface area (TPSA) is 57.3 Å². The van der Waals surface area contributed by atoms with Crippen molar-refractivity contribution in [3.63, 3.8) is 0 Å². The molecule has 0 aliphatic carbocycles. The van der Waals surface area contributed by atoms with E-state index in [0.717, 1.165) is 29.6 Å². The predicted octanol–water partition coefficient (Wildman–Crippen LogP) is 0.791. The van der Waals surface area contributed by atoms with E-state index in [0.29, 0.717) is 0 Å². The zero-order valence-corrected chi connectivity index (χ0v) is 11.5. The fourth-order valence-corrected chi connectivity index (χ4v) is 2.74. The molecule has 2 rings (SSSR count). The van der Waals surface area contributed by atoms with Crippen LogP contribution in [0.5, 0.6) is 0 Å². The molecule has 1 fully saturated rings. The van der Waals surface area contributed by atoms with Crippen molar-refractivity contribution in [1.29, 1.82) is 0 Å². The maximum absolute atomic E-state index is 12.1. The van der Waals surface area contributed by atoms with Crippen LogP contribution in [0, 0.1) is 0 Å². The van der Waals surface area contributed by atoms with Crippen LogP contribution >= 0.6 is 11.8 Å². The number of hydrogen-bond donors (Lipinski definition) is 2. The Morgan fingerprint density at radius 3 is 3.11 bits per heavy atom. The van der Waals surface area contributed by atoms with Crippen molar-refractivity contribution < 1.29 is 4.79 Å². The fraction of sp³-hybridized carbons (Fsp3) is 0.500. The number of pyridine rings is 1. The number of amides is 1. The number of anilines is 2. The molecular formula is C12H18N4OS. The molecule has 1 aromatic heterocycles. The summed E-state index contributed by atoms with van der Waals surface area (Å²) in [5.41, 5.74) is 0.755. The van der Waals surface area contributed by atoms with Crippen LogP contribution in [0.4, 0.5) is 11.5 Å². The highest BCUT2D eigenvalue weighted by Crippen LogP contribution is 2.21. The van der Waals surface area contributed by atoms with Gasteiger partial charge in [0.25, 0.3) is 0 Å². The van der Waals surface area contributed by atoms with Gasteiger partial charge in [0.15, 0.2) is 5.82 Å². The molecule has 0 saturated carbocycles. The average Bonchev–Trinajstić information content (AvgIpc) is 2.40. The van der Waals surface area contributed by atoms with E-state index in [-0.39, 0.29) is 11.9 Å². The molecule has 0 spiro atoms. The molecule has 1 saturated heterocycles. The maximum atomic E-state index is 12.1. The molecule has 2 N–H and O–H groups in total. The van der Waals surface area contributed by atoms with Crippen molar-refractivity contribution in [3.05, 3.63) is 18.3 Å². The lowest BCUT2D eigenvalue weighted by Crippen LogP contribution is -2.46. The van der Waals surface area contributed by atoms with Gasteiger partial charge in [0, 0.05) is 38.3 Å². The summed E-state index contributed by atoms with van der Waals surface area (Å²) in [5.74, 6) is 2.68. The maximum Gasteiger partial charge on any atom is 0.242 e. The van der Waals surface area contributed by atoms with E-state index < -0.39 is 0 Å². The molecule has 98 valence electrons. The van der Waals surface area contributed by atoms with Crippen molar-refractivity contribution in [3.8, 4) is 0 Å². The van der Waals surface area contributed by atoms with Crippen LogP contribution in [-0.2, 0) is 4.79 Å². The second kappa shape index (κ2) is 6.06. The monoisotopic (exact) mass is 266 g/mol. The predicted molar refractivity (Wildman–Crippen MR) is 76.3 cm³/mol. The minimum atomic E-state index is -0.112. The van der Waals surface area contributed by atoms with E-state index in [1.165, 1.54) is 0 Å². The Labute approximate surface area is 111 Å². The van der Waals surface area contributed by atoms with Gasteiger partial charge in [-0.05, 0) is 12.1 Å². The molecule has 18 heavy (non-hydrogen) atoms. The molecule has 1 unspecified atom stereocenters. The lowest BCUT2D eigenvalue weighted by molar-refractivity contribution is -0.117. The minimum absolute atomic E-state index is 0.0123. The van der Waals surface area contributed by atoms with E-state index in [1.54, 1.807) is 18.0 Å². The number of nitrogens with one attached hydrogen (secondary N) is 2. The van der Waals surface area contributed by atoms with Gasteiger partial charge in [-0.25, -0.2) is 4.98 Å². The summed E-state index contributed by atoms with van der Waals surface area (Å²) in [6.07, 6.45) is 1.72. The molecule has 1 aliphatic rings. The molecule has 6 heteroatoms. The number of carbonyl (C=O) groups excluding carboxylic acids is 1. The first-order chi connectivity index (χ1) is 8.68. The third-order valence-corrected chi connectivity index (χ3v) is 3.77. The zero-order chi connectivity index (χ0) is 13.0. The highest BCUT2D eigenvalue weighted by molar-refractivity contribution is 7.99. The molecule has 0 bridgehead atoms. The van der Waals surface area contributed by atoms with Crippen LogP contribution in [0.15, 0.2) is 18.3 Å². The lowest BCUT2D eigenvalue weighted by Gasteiger charge is -2.23.